The van der Waals surface area contributed by atoms with Crippen molar-refractivity contribution in [3.8, 4) is 0 Å². The third-order valence-corrected chi connectivity index (χ3v) is 3.08. The Morgan fingerprint density at radius 3 is 2.44 bits per heavy atom. The molecule has 2 heteroatoms. The van der Waals surface area contributed by atoms with E-state index in [4.69, 9.17) is 0 Å². The number of hydrogen-bond acceptors (Lipinski definition) is 2. The Morgan fingerprint density at radius 1 is 1.31 bits per heavy atom. The van der Waals surface area contributed by atoms with E-state index in [2.05, 4.69) is 37.3 Å². The first-order valence-electron chi connectivity index (χ1n) is 6.12. The average molecular weight is 218 g/mol. The van der Waals surface area contributed by atoms with Crippen molar-refractivity contribution < 1.29 is 0 Å². The second kappa shape index (κ2) is 5.78. The monoisotopic (exact) mass is 218 g/mol. The molecule has 1 aromatic heterocycles. The first-order valence-corrected chi connectivity index (χ1v) is 6.12. The van der Waals surface area contributed by atoms with Gasteiger partial charge in [0, 0.05) is 11.6 Å². The van der Waals surface area contributed by atoms with Crippen LogP contribution in [0.15, 0.2) is 18.8 Å². The van der Waals surface area contributed by atoms with E-state index in [0.29, 0.717) is 0 Å². The topological polar surface area (TPSA) is 25.8 Å². The Hall–Kier alpha value is -1.18. The highest BCUT2D eigenvalue weighted by molar-refractivity contribution is 5.36. The van der Waals surface area contributed by atoms with Crippen LogP contribution in [-0.4, -0.2) is 9.97 Å². The Labute approximate surface area is 98.8 Å². The van der Waals surface area contributed by atoms with Crippen LogP contribution in [0.4, 0.5) is 0 Å². The van der Waals surface area contributed by atoms with Crippen LogP contribution in [0.1, 0.15) is 58.0 Å². The van der Waals surface area contributed by atoms with Gasteiger partial charge < -0.3 is 0 Å². The van der Waals surface area contributed by atoms with Gasteiger partial charge in [0.05, 0.1) is 5.69 Å². The smallest absolute Gasteiger partial charge is 0.151 e. The minimum absolute atomic E-state index is 0.185. The lowest BCUT2D eigenvalue weighted by Gasteiger charge is -2.28. The van der Waals surface area contributed by atoms with Gasteiger partial charge in [-0.05, 0) is 25.0 Å². The summed E-state index contributed by atoms with van der Waals surface area (Å²) in [6.07, 6.45) is 8.27. The summed E-state index contributed by atoms with van der Waals surface area (Å²) < 4.78 is 0. The molecule has 16 heavy (non-hydrogen) atoms. The first kappa shape index (κ1) is 12.9. The van der Waals surface area contributed by atoms with Gasteiger partial charge >= 0.3 is 0 Å². The quantitative estimate of drug-likeness (QED) is 0.721. The van der Waals surface area contributed by atoms with Gasteiger partial charge in [-0.15, -0.1) is 0 Å². The zero-order chi connectivity index (χ0) is 12.0. The molecule has 0 unspecified atom stereocenters. The van der Waals surface area contributed by atoms with E-state index >= 15 is 0 Å². The molecular weight excluding hydrogens is 196 g/mol. The van der Waals surface area contributed by atoms with Gasteiger partial charge in [-0.2, -0.15) is 0 Å². The Bertz CT molecular complexity index is 338. The fourth-order valence-electron chi connectivity index (χ4n) is 2.29. The van der Waals surface area contributed by atoms with Crippen molar-refractivity contribution in [1.82, 2.24) is 9.97 Å². The van der Waals surface area contributed by atoms with Crippen LogP contribution in [0.5, 0.6) is 0 Å². The van der Waals surface area contributed by atoms with Gasteiger partial charge in [0.2, 0.25) is 0 Å². The van der Waals surface area contributed by atoms with Crippen LogP contribution in [0.2, 0.25) is 0 Å². The number of nitrogens with zero attached hydrogens (tertiary/aromatic N) is 2. The predicted octanol–water partition coefficient (Wildman–Crippen LogP) is 3.98. The molecule has 0 aromatic carbocycles. The summed E-state index contributed by atoms with van der Waals surface area (Å²) in [4.78, 5) is 8.73. The molecule has 0 aliphatic carbocycles. The molecule has 1 rings (SSSR count). The minimum atomic E-state index is 0.185. The summed E-state index contributed by atoms with van der Waals surface area (Å²) in [6.45, 7) is 10.5. The van der Waals surface area contributed by atoms with Crippen molar-refractivity contribution in [2.24, 2.45) is 0 Å². The van der Waals surface area contributed by atoms with E-state index in [0.717, 1.165) is 11.5 Å². The molecule has 0 N–H and O–H groups in total. The number of aromatic nitrogens is 2. The fraction of sp³-hybridized carbons (Fsp3) is 0.571. The largest absolute Gasteiger partial charge is 0.237 e. The van der Waals surface area contributed by atoms with Crippen molar-refractivity contribution in [2.75, 3.05) is 0 Å². The molecule has 0 bridgehead atoms. The predicted molar refractivity (Wildman–Crippen MR) is 69.3 cm³/mol. The molecule has 0 atom stereocenters. The standard InChI is InChI=1S/C14H22N2/c1-5-9-14(4,10-6-2)12-8-11-15-13(7-3)16-12/h7-8,11H,3,5-6,9-10H2,1-2,4H3. The van der Waals surface area contributed by atoms with Gasteiger partial charge in [0.25, 0.3) is 0 Å². The molecule has 88 valence electrons. The summed E-state index contributed by atoms with van der Waals surface area (Å²) >= 11 is 0. The molecule has 0 fully saturated rings. The molecule has 0 amide bonds. The molecule has 0 aliphatic rings. The number of hydrogen-bond donors (Lipinski definition) is 0. The van der Waals surface area contributed by atoms with E-state index in [9.17, 15) is 0 Å². The summed E-state index contributed by atoms with van der Waals surface area (Å²) in [5.41, 5.74) is 1.34. The normalized spacial score (nSPS) is 11.4. The van der Waals surface area contributed by atoms with Crippen molar-refractivity contribution >= 4 is 6.08 Å². The zero-order valence-electron chi connectivity index (χ0n) is 10.7. The summed E-state index contributed by atoms with van der Waals surface area (Å²) in [5.74, 6) is 0.732. The lowest BCUT2D eigenvalue weighted by Crippen LogP contribution is -2.23. The third-order valence-electron chi connectivity index (χ3n) is 3.08. The Balaban J connectivity index is 3.04. The van der Waals surface area contributed by atoms with Gasteiger partial charge in [0.1, 0.15) is 0 Å². The molecule has 2 nitrogen and oxygen atoms in total. The van der Waals surface area contributed by atoms with Crippen molar-refractivity contribution in [1.29, 1.82) is 0 Å². The van der Waals surface area contributed by atoms with Crippen molar-refractivity contribution in [2.45, 2.75) is 51.9 Å². The maximum atomic E-state index is 4.57. The van der Waals surface area contributed by atoms with Crippen LogP contribution in [0.25, 0.3) is 6.08 Å². The first-order chi connectivity index (χ1) is 7.66. The van der Waals surface area contributed by atoms with Crippen molar-refractivity contribution in [3.63, 3.8) is 0 Å². The summed E-state index contributed by atoms with van der Waals surface area (Å²) in [6, 6.07) is 2.04. The fourth-order valence-corrected chi connectivity index (χ4v) is 2.29. The highest BCUT2D eigenvalue weighted by Crippen LogP contribution is 2.32. The maximum absolute atomic E-state index is 4.57. The molecule has 0 saturated carbocycles. The third kappa shape index (κ3) is 2.91. The molecule has 0 aliphatic heterocycles. The summed E-state index contributed by atoms with van der Waals surface area (Å²) in [5, 5.41) is 0. The lowest BCUT2D eigenvalue weighted by atomic mass is 9.78. The average Bonchev–Trinajstić information content (AvgIpc) is 2.30. The lowest BCUT2D eigenvalue weighted by molar-refractivity contribution is 0.380. The molecular formula is C14H22N2. The minimum Gasteiger partial charge on any atom is -0.237 e. The van der Waals surface area contributed by atoms with Gasteiger partial charge in [-0.25, -0.2) is 9.97 Å². The van der Waals surface area contributed by atoms with Crippen LogP contribution in [0, 0.1) is 0 Å². The zero-order valence-corrected chi connectivity index (χ0v) is 10.7. The van der Waals surface area contributed by atoms with Crippen LogP contribution in [0.3, 0.4) is 0 Å². The molecule has 1 aromatic rings. The highest BCUT2D eigenvalue weighted by atomic mass is 14.9. The SMILES string of the molecule is C=Cc1nccc(C(C)(CCC)CCC)n1. The van der Waals surface area contributed by atoms with E-state index in [1.54, 1.807) is 6.08 Å². The summed E-state index contributed by atoms with van der Waals surface area (Å²) in [7, 11) is 0. The van der Waals surface area contributed by atoms with Crippen LogP contribution >= 0.6 is 0 Å². The Morgan fingerprint density at radius 2 is 1.94 bits per heavy atom. The van der Waals surface area contributed by atoms with Gasteiger partial charge in [-0.1, -0.05) is 40.2 Å². The van der Waals surface area contributed by atoms with Gasteiger partial charge in [0.15, 0.2) is 5.82 Å². The Kier molecular flexibility index (Phi) is 4.66. The van der Waals surface area contributed by atoms with Crippen molar-refractivity contribution in [3.05, 3.63) is 30.4 Å². The van der Waals surface area contributed by atoms with E-state index in [-0.39, 0.29) is 5.41 Å². The second-order valence-electron chi connectivity index (χ2n) is 4.56. The van der Waals surface area contributed by atoms with Crippen LogP contribution < -0.4 is 0 Å². The van der Waals surface area contributed by atoms with E-state index in [1.165, 1.54) is 25.7 Å². The molecule has 0 radical (unpaired) electrons. The molecule has 0 spiro atoms. The van der Waals surface area contributed by atoms with E-state index in [1.807, 2.05) is 12.3 Å². The highest BCUT2D eigenvalue weighted by Gasteiger charge is 2.26. The van der Waals surface area contributed by atoms with E-state index < -0.39 is 0 Å². The van der Waals surface area contributed by atoms with Gasteiger partial charge in [-0.3, -0.25) is 0 Å². The molecule has 1 heterocycles. The second-order valence-corrected chi connectivity index (χ2v) is 4.56. The number of rotatable bonds is 6. The molecule has 0 saturated heterocycles. The maximum Gasteiger partial charge on any atom is 0.151 e. The van der Waals surface area contributed by atoms with Crippen LogP contribution in [-0.2, 0) is 5.41 Å².